The van der Waals surface area contributed by atoms with Crippen molar-refractivity contribution in [3.05, 3.63) is 24.3 Å². The van der Waals surface area contributed by atoms with Crippen molar-refractivity contribution < 1.29 is 16.8 Å². The summed E-state index contributed by atoms with van der Waals surface area (Å²) in [6, 6.07) is 5.30. The number of sulfonamides is 2. The average Bonchev–Trinajstić information content (AvgIpc) is 2.48. The molecular weight excluding hydrogens is 326 g/mol. The molecule has 22 heavy (non-hydrogen) atoms. The van der Waals surface area contributed by atoms with Crippen molar-refractivity contribution in [3.63, 3.8) is 0 Å². The van der Waals surface area contributed by atoms with Crippen LogP contribution in [-0.2, 0) is 20.0 Å². The third kappa shape index (κ3) is 3.85. The Morgan fingerprint density at radius 3 is 2.27 bits per heavy atom. The molecule has 1 aromatic rings. The third-order valence-corrected chi connectivity index (χ3v) is 6.88. The molecule has 1 saturated heterocycles. The second-order valence-electron chi connectivity index (χ2n) is 5.41. The van der Waals surface area contributed by atoms with Crippen LogP contribution in [0.3, 0.4) is 0 Å². The molecule has 0 saturated carbocycles. The van der Waals surface area contributed by atoms with Gasteiger partial charge in [-0.05, 0) is 44.1 Å². The minimum Gasteiger partial charge on any atom is -0.317 e. The largest absolute Gasteiger partial charge is 0.317 e. The van der Waals surface area contributed by atoms with Crippen LogP contribution in [0.5, 0.6) is 0 Å². The lowest BCUT2D eigenvalue weighted by atomic mass is 10.1. The number of hydrogen-bond acceptors (Lipinski definition) is 5. The van der Waals surface area contributed by atoms with Crippen LogP contribution in [0.1, 0.15) is 12.8 Å². The minimum absolute atomic E-state index is 0.0334. The lowest BCUT2D eigenvalue weighted by Gasteiger charge is -2.23. The van der Waals surface area contributed by atoms with Crippen molar-refractivity contribution in [2.75, 3.05) is 27.2 Å². The molecule has 0 atom stereocenters. The van der Waals surface area contributed by atoms with Crippen molar-refractivity contribution in [1.82, 2.24) is 14.3 Å². The molecule has 2 N–H and O–H groups in total. The minimum atomic E-state index is -3.73. The molecule has 1 aromatic carbocycles. The lowest BCUT2D eigenvalue weighted by molar-refractivity contribution is 0.427. The number of hydrogen-bond donors (Lipinski definition) is 2. The van der Waals surface area contributed by atoms with E-state index in [1.54, 1.807) is 0 Å². The van der Waals surface area contributed by atoms with Crippen molar-refractivity contribution in [2.45, 2.75) is 28.7 Å². The molecular formula is C13H21N3O4S2. The monoisotopic (exact) mass is 347 g/mol. The van der Waals surface area contributed by atoms with E-state index < -0.39 is 20.0 Å². The maximum absolute atomic E-state index is 12.4. The van der Waals surface area contributed by atoms with Gasteiger partial charge < -0.3 is 5.32 Å². The van der Waals surface area contributed by atoms with Crippen LogP contribution in [0.2, 0.25) is 0 Å². The van der Waals surface area contributed by atoms with E-state index in [4.69, 9.17) is 0 Å². The number of benzene rings is 1. The summed E-state index contributed by atoms with van der Waals surface area (Å²) in [5.41, 5.74) is 0. The van der Waals surface area contributed by atoms with Crippen LogP contribution in [0, 0.1) is 0 Å². The van der Waals surface area contributed by atoms with Gasteiger partial charge >= 0.3 is 0 Å². The average molecular weight is 347 g/mol. The highest BCUT2D eigenvalue weighted by Crippen LogP contribution is 2.19. The smallest absolute Gasteiger partial charge is 0.242 e. The highest BCUT2D eigenvalue weighted by atomic mass is 32.2. The highest BCUT2D eigenvalue weighted by molar-refractivity contribution is 7.90. The molecule has 0 amide bonds. The normalized spacial score (nSPS) is 17.8. The zero-order chi connectivity index (χ0) is 16.4. The van der Waals surface area contributed by atoms with Crippen LogP contribution in [0.15, 0.2) is 34.1 Å². The van der Waals surface area contributed by atoms with Crippen LogP contribution in [-0.4, -0.2) is 54.4 Å². The molecule has 0 unspecified atom stereocenters. The van der Waals surface area contributed by atoms with Gasteiger partial charge in [0.1, 0.15) is 0 Å². The van der Waals surface area contributed by atoms with E-state index in [0.717, 1.165) is 30.2 Å². The molecule has 7 nitrogen and oxygen atoms in total. The fourth-order valence-electron chi connectivity index (χ4n) is 2.24. The Morgan fingerprint density at radius 1 is 1.09 bits per heavy atom. The maximum atomic E-state index is 12.4. The predicted octanol–water partition coefficient (Wildman–Crippen LogP) is -0.0328. The molecule has 9 heteroatoms. The first kappa shape index (κ1) is 17.4. The first-order valence-corrected chi connectivity index (χ1v) is 9.91. The maximum Gasteiger partial charge on any atom is 0.242 e. The fraction of sp³-hybridized carbons (Fsp3) is 0.538. The van der Waals surface area contributed by atoms with E-state index in [9.17, 15) is 16.8 Å². The van der Waals surface area contributed by atoms with Crippen molar-refractivity contribution in [3.8, 4) is 0 Å². The van der Waals surface area contributed by atoms with Gasteiger partial charge in [-0.1, -0.05) is 6.07 Å². The molecule has 0 bridgehead atoms. The van der Waals surface area contributed by atoms with E-state index in [1.807, 2.05) is 0 Å². The molecule has 2 rings (SSSR count). The second-order valence-corrected chi connectivity index (χ2v) is 9.27. The Balaban J connectivity index is 2.28. The number of nitrogens with zero attached hydrogens (tertiary/aromatic N) is 1. The van der Waals surface area contributed by atoms with Crippen LogP contribution >= 0.6 is 0 Å². The summed E-state index contributed by atoms with van der Waals surface area (Å²) in [5.74, 6) is 0. The first-order valence-electron chi connectivity index (χ1n) is 6.99. The third-order valence-electron chi connectivity index (χ3n) is 3.56. The summed E-state index contributed by atoms with van der Waals surface area (Å²) in [5, 5.41) is 3.16. The Kier molecular flexibility index (Phi) is 5.23. The fourth-order valence-corrected chi connectivity index (χ4v) is 4.61. The van der Waals surface area contributed by atoms with Crippen molar-refractivity contribution in [1.29, 1.82) is 0 Å². The quantitative estimate of drug-likeness (QED) is 0.780. The summed E-state index contributed by atoms with van der Waals surface area (Å²) < 4.78 is 52.7. The van der Waals surface area contributed by atoms with Gasteiger partial charge in [-0.25, -0.2) is 25.9 Å². The molecule has 1 fully saturated rings. The Labute approximate surface area is 131 Å². The zero-order valence-electron chi connectivity index (χ0n) is 12.6. The molecule has 0 aromatic heterocycles. The van der Waals surface area contributed by atoms with Gasteiger partial charge in [-0.3, -0.25) is 0 Å². The van der Waals surface area contributed by atoms with E-state index in [-0.39, 0.29) is 15.8 Å². The van der Waals surface area contributed by atoms with Gasteiger partial charge in [0.25, 0.3) is 0 Å². The molecule has 1 aliphatic rings. The molecule has 1 aliphatic heterocycles. The van der Waals surface area contributed by atoms with Crippen LogP contribution < -0.4 is 10.0 Å². The Bertz CT molecular complexity index is 723. The SMILES string of the molecule is CN(C)S(=O)(=O)c1cccc(S(=O)(=O)NC2CCNCC2)c1. The summed E-state index contributed by atoms with van der Waals surface area (Å²) in [4.78, 5) is -0.0698. The summed E-state index contributed by atoms with van der Waals surface area (Å²) in [6.07, 6.45) is 1.43. The molecule has 0 spiro atoms. The van der Waals surface area contributed by atoms with E-state index >= 15 is 0 Å². The van der Waals surface area contributed by atoms with Crippen LogP contribution in [0.25, 0.3) is 0 Å². The number of nitrogens with one attached hydrogen (secondary N) is 2. The molecule has 124 valence electrons. The van der Waals surface area contributed by atoms with Gasteiger partial charge in [0.05, 0.1) is 9.79 Å². The number of piperidine rings is 1. The Morgan fingerprint density at radius 2 is 1.68 bits per heavy atom. The molecule has 1 heterocycles. The Hall–Kier alpha value is -1.00. The van der Waals surface area contributed by atoms with Gasteiger partial charge in [0, 0.05) is 20.1 Å². The summed E-state index contributed by atoms with van der Waals surface area (Å²) in [7, 11) is -4.58. The lowest BCUT2D eigenvalue weighted by Crippen LogP contribution is -2.42. The van der Waals surface area contributed by atoms with Gasteiger partial charge in [0.2, 0.25) is 20.0 Å². The highest BCUT2D eigenvalue weighted by Gasteiger charge is 2.24. The van der Waals surface area contributed by atoms with Crippen LogP contribution in [0.4, 0.5) is 0 Å². The standard InChI is InChI=1S/C13H21N3O4S2/c1-16(2)22(19,20)13-5-3-4-12(10-13)21(17,18)15-11-6-8-14-9-7-11/h3-5,10-11,14-15H,6-9H2,1-2H3. The summed E-state index contributed by atoms with van der Waals surface area (Å²) >= 11 is 0. The first-order chi connectivity index (χ1) is 10.2. The topological polar surface area (TPSA) is 95.6 Å². The van der Waals surface area contributed by atoms with Gasteiger partial charge in [0.15, 0.2) is 0 Å². The van der Waals surface area contributed by atoms with Crippen molar-refractivity contribution in [2.24, 2.45) is 0 Å². The molecule has 0 aliphatic carbocycles. The van der Waals surface area contributed by atoms with E-state index in [2.05, 4.69) is 10.0 Å². The van der Waals surface area contributed by atoms with E-state index in [0.29, 0.717) is 0 Å². The zero-order valence-corrected chi connectivity index (χ0v) is 14.2. The predicted molar refractivity (Wildman–Crippen MR) is 83.5 cm³/mol. The van der Waals surface area contributed by atoms with Gasteiger partial charge in [-0.2, -0.15) is 0 Å². The van der Waals surface area contributed by atoms with Crippen molar-refractivity contribution >= 4 is 20.0 Å². The number of rotatable bonds is 5. The molecule has 0 radical (unpaired) electrons. The second kappa shape index (κ2) is 6.63. The van der Waals surface area contributed by atoms with E-state index in [1.165, 1.54) is 38.4 Å². The summed E-state index contributed by atoms with van der Waals surface area (Å²) in [6.45, 7) is 1.53. The van der Waals surface area contributed by atoms with Gasteiger partial charge in [-0.15, -0.1) is 0 Å².